The Bertz CT molecular complexity index is 1080. The average Bonchev–Trinajstić information content (AvgIpc) is 3.22. The van der Waals surface area contributed by atoms with Gasteiger partial charge in [-0.3, -0.25) is 10.2 Å². The van der Waals surface area contributed by atoms with Gasteiger partial charge in [0.2, 0.25) is 11.9 Å². The molecular formula is C25H32F3N5O3. The molecule has 11 heteroatoms. The van der Waals surface area contributed by atoms with Gasteiger partial charge in [-0.2, -0.15) is 4.98 Å². The summed E-state index contributed by atoms with van der Waals surface area (Å²) in [6.07, 6.45) is -0.280. The fourth-order valence-electron chi connectivity index (χ4n) is 4.57. The van der Waals surface area contributed by atoms with Crippen LogP contribution in [-0.2, 0) is 4.74 Å². The van der Waals surface area contributed by atoms with Crippen molar-refractivity contribution in [2.24, 2.45) is 5.92 Å². The number of rotatable bonds is 8. The van der Waals surface area contributed by atoms with Crippen LogP contribution in [0.4, 0.5) is 29.7 Å². The third kappa shape index (κ3) is 5.89. The van der Waals surface area contributed by atoms with Crippen molar-refractivity contribution in [3.63, 3.8) is 0 Å². The Labute approximate surface area is 208 Å². The van der Waals surface area contributed by atoms with E-state index in [0.29, 0.717) is 18.0 Å². The van der Waals surface area contributed by atoms with Crippen LogP contribution in [0.15, 0.2) is 30.5 Å². The summed E-state index contributed by atoms with van der Waals surface area (Å²) in [5.41, 5.74) is 0.643. The normalized spacial score (nSPS) is 21.9. The molecule has 36 heavy (non-hydrogen) atoms. The zero-order valence-corrected chi connectivity index (χ0v) is 20.5. The summed E-state index contributed by atoms with van der Waals surface area (Å²) in [4.78, 5) is 22.4. The highest BCUT2D eigenvalue weighted by atomic mass is 19.3. The number of hydrogen-bond donors (Lipinski definition) is 3. The molecule has 2 aromatic rings. The van der Waals surface area contributed by atoms with Crippen LogP contribution < -0.4 is 15.5 Å². The van der Waals surface area contributed by atoms with Crippen molar-refractivity contribution in [2.75, 3.05) is 16.8 Å². The molecule has 1 aromatic heterocycles. The molecule has 1 aromatic carbocycles. The summed E-state index contributed by atoms with van der Waals surface area (Å²) in [5.74, 6) is -2.43. The number of nitrogens with one attached hydrogen (secondary N) is 2. The molecule has 0 bridgehead atoms. The maximum atomic E-state index is 14.9. The molecule has 2 fully saturated rings. The lowest BCUT2D eigenvalue weighted by Crippen LogP contribution is -2.39. The SMILES string of the molecule is CC(C)[C@H]1COC(=O)N1c1ccnc(N[C@@H](C)c2ccc(C(O)NC3CCC(F)(F)CC3)c(F)c2)n1. The summed E-state index contributed by atoms with van der Waals surface area (Å²) < 4.78 is 46.8. The number of aromatic nitrogens is 2. The molecule has 4 rings (SSSR count). The highest BCUT2D eigenvalue weighted by molar-refractivity contribution is 5.89. The van der Waals surface area contributed by atoms with E-state index in [0.717, 1.165) is 0 Å². The zero-order chi connectivity index (χ0) is 26.0. The van der Waals surface area contributed by atoms with E-state index >= 15 is 0 Å². The van der Waals surface area contributed by atoms with Gasteiger partial charge in [0.1, 0.15) is 24.5 Å². The molecule has 0 spiro atoms. The van der Waals surface area contributed by atoms with Gasteiger partial charge >= 0.3 is 6.09 Å². The first-order chi connectivity index (χ1) is 17.0. The molecule has 1 aliphatic heterocycles. The van der Waals surface area contributed by atoms with Crippen LogP contribution in [0.5, 0.6) is 0 Å². The minimum absolute atomic E-state index is 0.0498. The monoisotopic (exact) mass is 507 g/mol. The third-order valence-electron chi connectivity index (χ3n) is 6.84. The van der Waals surface area contributed by atoms with E-state index in [9.17, 15) is 23.1 Å². The van der Waals surface area contributed by atoms with E-state index < -0.39 is 24.1 Å². The number of hydrogen-bond acceptors (Lipinski definition) is 7. The van der Waals surface area contributed by atoms with Crippen molar-refractivity contribution in [1.82, 2.24) is 15.3 Å². The highest BCUT2D eigenvalue weighted by Crippen LogP contribution is 2.34. The largest absolute Gasteiger partial charge is 0.447 e. The predicted octanol–water partition coefficient (Wildman–Crippen LogP) is 4.93. The molecular weight excluding hydrogens is 475 g/mol. The number of benzene rings is 1. The van der Waals surface area contributed by atoms with Crippen LogP contribution in [0.2, 0.25) is 0 Å². The molecule has 1 saturated carbocycles. The second kappa shape index (κ2) is 10.6. The van der Waals surface area contributed by atoms with Crippen LogP contribution in [0, 0.1) is 11.7 Å². The maximum absolute atomic E-state index is 14.9. The van der Waals surface area contributed by atoms with Gasteiger partial charge < -0.3 is 15.2 Å². The van der Waals surface area contributed by atoms with E-state index in [2.05, 4.69) is 20.6 Å². The first-order valence-corrected chi connectivity index (χ1v) is 12.2. The Hall–Kier alpha value is -2.92. The molecule has 1 saturated heterocycles. The molecule has 1 amide bonds. The van der Waals surface area contributed by atoms with Crippen molar-refractivity contribution in [2.45, 2.75) is 76.7 Å². The number of anilines is 2. The summed E-state index contributed by atoms with van der Waals surface area (Å²) in [5, 5.41) is 16.4. The number of nitrogens with zero attached hydrogens (tertiary/aromatic N) is 3. The van der Waals surface area contributed by atoms with Crippen LogP contribution in [0.25, 0.3) is 0 Å². The van der Waals surface area contributed by atoms with Gasteiger partial charge in [0, 0.05) is 30.6 Å². The second-order valence-electron chi connectivity index (χ2n) is 9.84. The van der Waals surface area contributed by atoms with Crippen molar-refractivity contribution in [3.8, 4) is 0 Å². The van der Waals surface area contributed by atoms with Crippen LogP contribution in [0.1, 0.15) is 69.9 Å². The Balaban J connectivity index is 1.41. The molecule has 2 aliphatic rings. The van der Waals surface area contributed by atoms with E-state index in [-0.39, 0.29) is 61.2 Å². The summed E-state index contributed by atoms with van der Waals surface area (Å²) in [6, 6.07) is 5.27. The van der Waals surface area contributed by atoms with Crippen molar-refractivity contribution in [1.29, 1.82) is 0 Å². The van der Waals surface area contributed by atoms with Crippen molar-refractivity contribution >= 4 is 17.9 Å². The maximum Gasteiger partial charge on any atom is 0.415 e. The summed E-state index contributed by atoms with van der Waals surface area (Å²) >= 11 is 0. The lowest BCUT2D eigenvalue weighted by atomic mass is 9.92. The lowest BCUT2D eigenvalue weighted by Gasteiger charge is -2.30. The fourth-order valence-corrected chi connectivity index (χ4v) is 4.57. The number of cyclic esters (lactones) is 1. The standard InChI is InChI=1S/C25H32F3N5O3/c1-14(2)20-13-36-24(35)33(20)21-8-11-29-23(32-21)30-15(3)16-4-5-18(19(26)12-16)22(34)31-17-6-9-25(27,28)10-7-17/h4-5,8,11-12,14-15,17,20,22,31,34H,6-7,9-10,13H2,1-3H3,(H,29,30,32)/t15-,20+,22?/m0/s1. The van der Waals surface area contributed by atoms with Gasteiger partial charge in [-0.25, -0.2) is 22.9 Å². The minimum atomic E-state index is -2.67. The van der Waals surface area contributed by atoms with Crippen LogP contribution in [0.3, 0.4) is 0 Å². The molecule has 3 atom stereocenters. The number of carbonyl (C=O) groups excluding carboxylic acids is 1. The average molecular weight is 508 g/mol. The molecule has 1 unspecified atom stereocenters. The van der Waals surface area contributed by atoms with Gasteiger partial charge in [0.05, 0.1) is 12.1 Å². The smallest absolute Gasteiger partial charge is 0.415 e. The predicted molar refractivity (Wildman–Crippen MR) is 128 cm³/mol. The van der Waals surface area contributed by atoms with E-state index in [1.165, 1.54) is 23.2 Å². The Morgan fingerprint density at radius 3 is 2.58 bits per heavy atom. The van der Waals surface area contributed by atoms with E-state index in [1.807, 2.05) is 20.8 Å². The summed E-state index contributed by atoms with van der Waals surface area (Å²) in [7, 11) is 0. The van der Waals surface area contributed by atoms with Gasteiger partial charge in [-0.1, -0.05) is 26.0 Å². The first kappa shape index (κ1) is 26.2. The molecule has 1 aliphatic carbocycles. The Morgan fingerprint density at radius 2 is 1.92 bits per heavy atom. The Morgan fingerprint density at radius 1 is 1.19 bits per heavy atom. The molecule has 3 N–H and O–H groups in total. The number of aliphatic hydroxyl groups excluding tert-OH is 1. The number of aliphatic hydroxyl groups is 1. The molecule has 0 radical (unpaired) electrons. The summed E-state index contributed by atoms with van der Waals surface area (Å²) in [6.45, 7) is 6.10. The molecule has 2 heterocycles. The van der Waals surface area contributed by atoms with E-state index in [1.54, 1.807) is 12.1 Å². The third-order valence-corrected chi connectivity index (χ3v) is 6.84. The number of alkyl halides is 2. The number of ether oxygens (including phenoxy) is 1. The van der Waals surface area contributed by atoms with Crippen molar-refractivity contribution < 1.29 is 27.8 Å². The van der Waals surface area contributed by atoms with Gasteiger partial charge in [0.15, 0.2) is 0 Å². The molecule has 196 valence electrons. The van der Waals surface area contributed by atoms with Crippen molar-refractivity contribution in [3.05, 3.63) is 47.4 Å². The number of carbonyl (C=O) groups is 1. The van der Waals surface area contributed by atoms with Gasteiger partial charge in [0.25, 0.3) is 0 Å². The van der Waals surface area contributed by atoms with Gasteiger partial charge in [-0.05, 0) is 43.4 Å². The van der Waals surface area contributed by atoms with Gasteiger partial charge in [-0.15, -0.1) is 0 Å². The fraction of sp³-hybridized carbons (Fsp3) is 0.560. The second-order valence-corrected chi connectivity index (χ2v) is 9.84. The minimum Gasteiger partial charge on any atom is -0.447 e. The number of halogens is 3. The van der Waals surface area contributed by atoms with E-state index in [4.69, 9.17) is 4.74 Å². The van der Waals surface area contributed by atoms with Crippen LogP contribution in [-0.4, -0.2) is 45.8 Å². The lowest BCUT2D eigenvalue weighted by molar-refractivity contribution is -0.0455. The number of amides is 1. The Kier molecular flexibility index (Phi) is 7.70. The molecule has 8 nitrogen and oxygen atoms in total. The zero-order valence-electron chi connectivity index (χ0n) is 20.5. The topological polar surface area (TPSA) is 99.6 Å². The van der Waals surface area contributed by atoms with Crippen LogP contribution >= 0.6 is 0 Å². The quantitative estimate of drug-likeness (QED) is 0.436. The first-order valence-electron chi connectivity index (χ1n) is 12.2. The highest BCUT2D eigenvalue weighted by Gasteiger charge is 2.37.